The quantitative estimate of drug-likeness (QED) is 0.860. The molecule has 25 heavy (non-hydrogen) atoms. The first-order chi connectivity index (χ1) is 12.1. The summed E-state index contributed by atoms with van der Waals surface area (Å²) in [5.74, 6) is 4.17. The zero-order chi connectivity index (χ0) is 17.4. The van der Waals surface area contributed by atoms with Gasteiger partial charge in [0.1, 0.15) is 11.5 Å². The van der Waals surface area contributed by atoms with Gasteiger partial charge in [-0.2, -0.15) is 0 Å². The molecule has 4 rings (SSSR count). The van der Waals surface area contributed by atoms with Crippen LogP contribution in [0.5, 0.6) is 0 Å². The van der Waals surface area contributed by atoms with Crippen molar-refractivity contribution < 1.29 is 13.9 Å². The van der Waals surface area contributed by atoms with Crippen molar-refractivity contribution in [2.24, 2.45) is 17.8 Å². The second-order valence-corrected chi connectivity index (χ2v) is 8.32. The molecule has 2 heterocycles. The minimum atomic E-state index is 0.0596. The predicted octanol–water partition coefficient (Wildman–Crippen LogP) is 2.73. The van der Waals surface area contributed by atoms with Crippen molar-refractivity contribution >= 4 is 5.91 Å². The number of amides is 1. The maximum atomic E-state index is 11.6. The van der Waals surface area contributed by atoms with Crippen molar-refractivity contribution in [1.29, 1.82) is 0 Å². The SMILES string of the molecule is CC(=O)N[C@@H]1C[C@@H]2CN(Cc3ccc(C)o3)C[C@@H]2C[C@H]1OCC1CC1. The van der Waals surface area contributed by atoms with Gasteiger partial charge in [-0.05, 0) is 62.5 Å². The molecule has 1 aromatic rings. The van der Waals surface area contributed by atoms with Gasteiger partial charge in [-0.15, -0.1) is 0 Å². The fraction of sp³-hybridized carbons (Fsp3) is 0.750. The maximum Gasteiger partial charge on any atom is 0.217 e. The molecule has 1 aromatic heterocycles. The first kappa shape index (κ1) is 17.1. The van der Waals surface area contributed by atoms with Crippen molar-refractivity contribution in [3.05, 3.63) is 23.7 Å². The number of nitrogens with one attached hydrogen (secondary N) is 1. The highest BCUT2D eigenvalue weighted by Gasteiger charge is 2.43. The summed E-state index contributed by atoms with van der Waals surface area (Å²) in [6, 6.07) is 4.29. The molecule has 0 spiro atoms. The van der Waals surface area contributed by atoms with Crippen LogP contribution in [-0.4, -0.2) is 42.6 Å². The summed E-state index contributed by atoms with van der Waals surface area (Å²) in [7, 11) is 0. The first-order valence-electron chi connectivity index (χ1n) is 9.73. The molecule has 0 aromatic carbocycles. The Hall–Kier alpha value is -1.33. The number of furan rings is 1. The van der Waals surface area contributed by atoms with Gasteiger partial charge in [0.05, 0.1) is 18.7 Å². The Labute approximate surface area is 150 Å². The van der Waals surface area contributed by atoms with Crippen molar-refractivity contribution in [1.82, 2.24) is 10.2 Å². The molecule has 4 atom stereocenters. The summed E-state index contributed by atoms with van der Waals surface area (Å²) < 4.78 is 12.0. The average Bonchev–Trinajstić information content (AvgIpc) is 3.17. The van der Waals surface area contributed by atoms with E-state index in [1.165, 1.54) is 12.8 Å². The topological polar surface area (TPSA) is 54.7 Å². The van der Waals surface area contributed by atoms with E-state index in [9.17, 15) is 4.79 Å². The predicted molar refractivity (Wildman–Crippen MR) is 95.0 cm³/mol. The zero-order valence-corrected chi connectivity index (χ0v) is 15.4. The van der Waals surface area contributed by atoms with Gasteiger partial charge in [0.25, 0.3) is 0 Å². The molecule has 5 heteroatoms. The molecular weight excluding hydrogens is 316 g/mol. The summed E-state index contributed by atoms with van der Waals surface area (Å²) in [4.78, 5) is 14.1. The summed E-state index contributed by atoms with van der Waals surface area (Å²) in [5.41, 5.74) is 0. The van der Waals surface area contributed by atoms with E-state index in [0.29, 0.717) is 11.8 Å². The zero-order valence-electron chi connectivity index (χ0n) is 15.4. The van der Waals surface area contributed by atoms with Gasteiger partial charge >= 0.3 is 0 Å². The lowest BCUT2D eigenvalue weighted by molar-refractivity contribution is -0.122. The number of fused-ring (bicyclic) bond motifs is 1. The molecule has 0 radical (unpaired) electrons. The van der Waals surface area contributed by atoms with Crippen LogP contribution in [0.3, 0.4) is 0 Å². The Bertz CT molecular complexity index is 610. The molecule has 3 fully saturated rings. The van der Waals surface area contributed by atoms with Gasteiger partial charge in [-0.25, -0.2) is 0 Å². The lowest BCUT2D eigenvalue weighted by atomic mass is 9.77. The summed E-state index contributed by atoms with van der Waals surface area (Å²) >= 11 is 0. The van der Waals surface area contributed by atoms with Crippen LogP contribution in [0.1, 0.15) is 44.1 Å². The molecule has 1 amide bonds. The third-order valence-corrected chi connectivity index (χ3v) is 6.00. The van der Waals surface area contributed by atoms with E-state index >= 15 is 0 Å². The Morgan fingerprint density at radius 1 is 1.28 bits per heavy atom. The standard InChI is InChI=1S/C20H30N2O3/c1-13-3-6-18(25-13)11-22-9-16-7-19(21-14(2)23)20(8-17(16)10-22)24-12-15-4-5-15/h3,6,15-17,19-20H,4-5,7-12H2,1-2H3,(H,21,23)/t16-,17+,19-,20-/m1/s1. The molecular formula is C20H30N2O3. The number of aryl methyl sites for hydroxylation is 1. The van der Waals surface area contributed by atoms with Gasteiger partial charge < -0.3 is 14.5 Å². The maximum absolute atomic E-state index is 11.6. The molecule has 1 N–H and O–H groups in total. The minimum absolute atomic E-state index is 0.0596. The Morgan fingerprint density at radius 3 is 2.68 bits per heavy atom. The summed E-state index contributed by atoms with van der Waals surface area (Å²) in [5, 5.41) is 3.16. The van der Waals surface area contributed by atoms with E-state index < -0.39 is 0 Å². The number of hydrogen-bond donors (Lipinski definition) is 1. The van der Waals surface area contributed by atoms with E-state index in [1.54, 1.807) is 6.92 Å². The molecule has 0 bridgehead atoms. The number of carbonyl (C=O) groups is 1. The Morgan fingerprint density at radius 2 is 2.04 bits per heavy atom. The van der Waals surface area contributed by atoms with Crippen molar-refractivity contribution in [2.45, 2.75) is 58.2 Å². The van der Waals surface area contributed by atoms with Crippen LogP contribution in [-0.2, 0) is 16.1 Å². The average molecular weight is 346 g/mol. The molecule has 0 unspecified atom stereocenters. The molecule has 1 aliphatic heterocycles. The Kier molecular flexibility index (Phi) is 4.87. The second-order valence-electron chi connectivity index (χ2n) is 8.32. The third kappa shape index (κ3) is 4.26. The molecule has 3 aliphatic rings. The van der Waals surface area contributed by atoms with Gasteiger partial charge in [0, 0.05) is 26.6 Å². The van der Waals surface area contributed by atoms with Crippen LogP contribution in [0.25, 0.3) is 0 Å². The number of hydrogen-bond acceptors (Lipinski definition) is 4. The van der Waals surface area contributed by atoms with E-state index in [0.717, 1.165) is 56.5 Å². The first-order valence-corrected chi connectivity index (χ1v) is 9.73. The highest BCUT2D eigenvalue weighted by molar-refractivity contribution is 5.73. The van der Waals surface area contributed by atoms with Crippen LogP contribution in [0, 0.1) is 24.7 Å². The van der Waals surface area contributed by atoms with Crippen LogP contribution >= 0.6 is 0 Å². The summed E-state index contributed by atoms with van der Waals surface area (Å²) in [6.45, 7) is 7.57. The van der Waals surface area contributed by atoms with Gasteiger partial charge in [0.2, 0.25) is 5.91 Å². The van der Waals surface area contributed by atoms with E-state index in [-0.39, 0.29) is 18.1 Å². The monoisotopic (exact) mass is 346 g/mol. The van der Waals surface area contributed by atoms with Crippen LogP contribution in [0.2, 0.25) is 0 Å². The molecule has 2 aliphatic carbocycles. The highest BCUT2D eigenvalue weighted by atomic mass is 16.5. The van der Waals surface area contributed by atoms with Crippen LogP contribution in [0.15, 0.2) is 16.5 Å². The molecule has 5 nitrogen and oxygen atoms in total. The van der Waals surface area contributed by atoms with Crippen molar-refractivity contribution in [3.8, 4) is 0 Å². The third-order valence-electron chi connectivity index (χ3n) is 6.00. The van der Waals surface area contributed by atoms with E-state index in [1.807, 2.05) is 13.0 Å². The Balaban J connectivity index is 1.37. The highest BCUT2D eigenvalue weighted by Crippen LogP contribution is 2.39. The fourth-order valence-corrected chi connectivity index (χ4v) is 4.57. The normalized spacial score (nSPS) is 32.6. The van der Waals surface area contributed by atoms with Gasteiger partial charge in [0.15, 0.2) is 0 Å². The second kappa shape index (κ2) is 7.12. The number of carbonyl (C=O) groups excluding carboxylic acids is 1. The molecule has 138 valence electrons. The lowest BCUT2D eigenvalue weighted by Crippen LogP contribution is -2.50. The largest absolute Gasteiger partial charge is 0.465 e. The smallest absolute Gasteiger partial charge is 0.217 e. The fourth-order valence-electron chi connectivity index (χ4n) is 4.57. The minimum Gasteiger partial charge on any atom is -0.465 e. The van der Waals surface area contributed by atoms with E-state index in [2.05, 4.69) is 16.3 Å². The van der Waals surface area contributed by atoms with Crippen LogP contribution < -0.4 is 5.32 Å². The lowest BCUT2D eigenvalue weighted by Gasteiger charge is -2.38. The molecule has 1 saturated heterocycles. The number of likely N-dealkylation sites (tertiary alicyclic amines) is 1. The van der Waals surface area contributed by atoms with Crippen LogP contribution in [0.4, 0.5) is 0 Å². The molecule has 2 saturated carbocycles. The van der Waals surface area contributed by atoms with Gasteiger partial charge in [-0.3, -0.25) is 9.69 Å². The number of ether oxygens (including phenoxy) is 1. The van der Waals surface area contributed by atoms with E-state index in [4.69, 9.17) is 9.15 Å². The summed E-state index contributed by atoms with van der Waals surface area (Å²) in [6.07, 6.45) is 4.89. The number of nitrogens with zero attached hydrogens (tertiary/aromatic N) is 1. The van der Waals surface area contributed by atoms with Gasteiger partial charge in [-0.1, -0.05) is 0 Å². The van der Waals surface area contributed by atoms with Crippen molar-refractivity contribution in [3.63, 3.8) is 0 Å². The number of rotatable bonds is 6. The van der Waals surface area contributed by atoms with Crippen molar-refractivity contribution in [2.75, 3.05) is 19.7 Å².